The first kappa shape index (κ1) is 19.5. The predicted octanol–water partition coefficient (Wildman–Crippen LogP) is 6.70. The molecule has 2 heterocycles. The van der Waals surface area contributed by atoms with E-state index in [4.69, 9.17) is 9.47 Å². The van der Waals surface area contributed by atoms with Crippen LogP contribution in [0.15, 0.2) is 85.2 Å². The molecule has 156 valence electrons. The van der Waals surface area contributed by atoms with E-state index in [-0.39, 0.29) is 0 Å². The molecular weight excluding hydrogens is 382 g/mol. The van der Waals surface area contributed by atoms with Gasteiger partial charge in [-0.3, -0.25) is 0 Å². The van der Waals surface area contributed by atoms with Crippen molar-refractivity contribution in [2.75, 3.05) is 18.1 Å². The Morgan fingerprint density at radius 1 is 0.710 bits per heavy atom. The molecule has 3 aromatic rings. The third kappa shape index (κ3) is 4.09. The van der Waals surface area contributed by atoms with Gasteiger partial charge in [-0.15, -0.1) is 0 Å². The highest BCUT2D eigenvalue weighted by Crippen LogP contribution is 2.36. The van der Waals surface area contributed by atoms with Gasteiger partial charge in [0.15, 0.2) is 0 Å². The van der Waals surface area contributed by atoms with Crippen LogP contribution in [0.5, 0.6) is 11.5 Å². The number of para-hydroxylation sites is 2. The average molecular weight is 410 g/mol. The second-order valence-corrected chi connectivity index (χ2v) is 7.93. The summed E-state index contributed by atoms with van der Waals surface area (Å²) in [4.78, 5) is 2.27. The zero-order chi connectivity index (χ0) is 21.0. The molecule has 0 amide bonds. The lowest BCUT2D eigenvalue weighted by molar-refractivity contribution is 0.316. The lowest BCUT2D eigenvalue weighted by atomic mass is 9.99. The fourth-order valence-electron chi connectivity index (χ4n) is 4.22. The highest BCUT2D eigenvalue weighted by atomic mass is 16.5. The standard InChI is InChI=1S/C28H27NO2/c1-2-21-11-13-24(14-12-21)29(19-22-15-17-30-27-9-5-3-7-25(22)27)20-23-16-18-31-28-10-6-4-8-26(23)28/h3-14,19-20H,2,15-18H2,1H3/b22-19+,23-20+. The van der Waals surface area contributed by atoms with E-state index in [9.17, 15) is 0 Å². The minimum Gasteiger partial charge on any atom is -0.493 e. The van der Waals surface area contributed by atoms with Crippen molar-refractivity contribution < 1.29 is 9.47 Å². The van der Waals surface area contributed by atoms with Crippen molar-refractivity contribution in [2.45, 2.75) is 26.2 Å². The number of anilines is 1. The zero-order valence-electron chi connectivity index (χ0n) is 17.9. The van der Waals surface area contributed by atoms with Crippen LogP contribution in [0.3, 0.4) is 0 Å². The minimum atomic E-state index is 0.707. The third-order valence-electron chi connectivity index (χ3n) is 5.96. The number of hydrogen-bond acceptors (Lipinski definition) is 3. The van der Waals surface area contributed by atoms with Gasteiger partial charge in [0.05, 0.1) is 13.2 Å². The predicted molar refractivity (Wildman–Crippen MR) is 127 cm³/mol. The second kappa shape index (κ2) is 8.73. The Balaban J connectivity index is 1.60. The summed E-state index contributed by atoms with van der Waals surface area (Å²) in [6, 6.07) is 25.5. The highest BCUT2D eigenvalue weighted by molar-refractivity contribution is 5.78. The molecule has 2 aliphatic rings. The molecule has 0 saturated heterocycles. The Hall–Kier alpha value is -3.46. The number of benzene rings is 3. The van der Waals surface area contributed by atoms with Crippen LogP contribution in [0.2, 0.25) is 0 Å². The summed E-state index contributed by atoms with van der Waals surface area (Å²) in [5, 5.41) is 0. The molecule has 0 atom stereocenters. The van der Waals surface area contributed by atoms with E-state index in [1.165, 1.54) is 27.8 Å². The molecule has 0 aliphatic carbocycles. The normalized spacial score (nSPS) is 17.5. The maximum atomic E-state index is 5.88. The van der Waals surface area contributed by atoms with E-state index < -0.39 is 0 Å². The van der Waals surface area contributed by atoms with Crippen LogP contribution in [0.25, 0.3) is 11.1 Å². The molecule has 0 bridgehead atoms. The fourth-order valence-corrected chi connectivity index (χ4v) is 4.22. The molecule has 0 aromatic heterocycles. The Bertz CT molecular complexity index is 1060. The van der Waals surface area contributed by atoms with Crippen molar-refractivity contribution in [2.24, 2.45) is 0 Å². The van der Waals surface area contributed by atoms with Crippen molar-refractivity contribution in [3.05, 3.63) is 102 Å². The topological polar surface area (TPSA) is 21.7 Å². The summed E-state index contributed by atoms with van der Waals surface area (Å²) in [6.07, 6.45) is 7.37. The number of aryl methyl sites for hydroxylation is 1. The number of nitrogens with zero attached hydrogens (tertiary/aromatic N) is 1. The van der Waals surface area contributed by atoms with Gasteiger partial charge in [0.2, 0.25) is 0 Å². The van der Waals surface area contributed by atoms with Crippen LogP contribution in [-0.2, 0) is 6.42 Å². The number of hydrogen-bond donors (Lipinski definition) is 0. The van der Waals surface area contributed by atoms with Crippen LogP contribution >= 0.6 is 0 Å². The van der Waals surface area contributed by atoms with Gasteiger partial charge in [0, 0.05) is 42.1 Å². The van der Waals surface area contributed by atoms with Gasteiger partial charge in [-0.1, -0.05) is 55.5 Å². The Labute approximate surface area is 184 Å². The van der Waals surface area contributed by atoms with Crippen molar-refractivity contribution in [3.63, 3.8) is 0 Å². The molecule has 0 unspecified atom stereocenters. The highest BCUT2D eigenvalue weighted by Gasteiger charge is 2.18. The van der Waals surface area contributed by atoms with Crippen LogP contribution in [0, 0.1) is 0 Å². The van der Waals surface area contributed by atoms with Gasteiger partial charge in [0.25, 0.3) is 0 Å². The molecule has 31 heavy (non-hydrogen) atoms. The Kier molecular flexibility index (Phi) is 5.49. The molecule has 0 spiro atoms. The van der Waals surface area contributed by atoms with Crippen molar-refractivity contribution >= 4 is 16.8 Å². The average Bonchev–Trinajstić information content (AvgIpc) is 2.84. The number of ether oxygens (including phenoxy) is 2. The van der Waals surface area contributed by atoms with Crippen LogP contribution < -0.4 is 14.4 Å². The first-order valence-electron chi connectivity index (χ1n) is 11.0. The first-order chi connectivity index (χ1) is 15.3. The van der Waals surface area contributed by atoms with Gasteiger partial charge < -0.3 is 14.4 Å². The Morgan fingerprint density at radius 3 is 1.74 bits per heavy atom. The molecule has 0 N–H and O–H groups in total. The molecule has 0 saturated carbocycles. The molecule has 3 aromatic carbocycles. The third-order valence-corrected chi connectivity index (χ3v) is 5.96. The van der Waals surface area contributed by atoms with E-state index in [1.54, 1.807) is 0 Å². The van der Waals surface area contributed by atoms with E-state index >= 15 is 0 Å². The Morgan fingerprint density at radius 2 is 1.23 bits per heavy atom. The molecule has 5 rings (SSSR count). The maximum Gasteiger partial charge on any atom is 0.126 e. The lowest BCUT2D eigenvalue weighted by Crippen LogP contribution is -2.15. The summed E-state index contributed by atoms with van der Waals surface area (Å²) in [5.41, 5.74) is 7.43. The summed E-state index contributed by atoms with van der Waals surface area (Å²) >= 11 is 0. The molecule has 3 heteroatoms. The zero-order valence-corrected chi connectivity index (χ0v) is 17.9. The summed E-state index contributed by atoms with van der Waals surface area (Å²) in [6.45, 7) is 3.60. The maximum absolute atomic E-state index is 5.88. The summed E-state index contributed by atoms with van der Waals surface area (Å²) < 4.78 is 11.8. The molecule has 0 radical (unpaired) electrons. The fraction of sp³-hybridized carbons (Fsp3) is 0.214. The monoisotopic (exact) mass is 409 g/mol. The molecule has 0 fully saturated rings. The van der Waals surface area contributed by atoms with Crippen molar-refractivity contribution in [1.29, 1.82) is 0 Å². The van der Waals surface area contributed by atoms with E-state index in [1.807, 2.05) is 12.1 Å². The second-order valence-electron chi connectivity index (χ2n) is 7.93. The van der Waals surface area contributed by atoms with Gasteiger partial charge in [0.1, 0.15) is 11.5 Å². The van der Waals surface area contributed by atoms with Crippen molar-refractivity contribution in [1.82, 2.24) is 0 Å². The first-order valence-corrected chi connectivity index (χ1v) is 11.0. The minimum absolute atomic E-state index is 0.707. The SMILES string of the molecule is CCc1ccc(N(/C=C2\CCOc3ccccc32)/C=C2\CCOc3ccccc32)cc1. The van der Waals surface area contributed by atoms with Gasteiger partial charge in [-0.2, -0.15) is 0 Å². The van der Waals surface area contributed by atoms with Crippen LogP contribution in [0.1, 0.15) is 36.5 Å². The van der Waals surface area contributed by atoms with E-state index in [2.05, 4.69) is 84.9 Å². The number of rotatable bonds is 4. The van der Waals surface area contributed by atoms with Gasteiger partial charge in [-0.25, -0.2) is 0 Å². The number of fused-ring (bicyclic) bond motifs is 2. The van der Waals surface area contributed by atoms with Crippen LogP contribution in [0.4, 0.5) is 5.69 Å². The molecule has 2 aliphatic heterocycles. The van der Waals surface area contributed by atoms with E-state index in [0.717, 1.165) is 36.4 Å². The lowest BCUT2D eigenvalue weighted by Gasteiger charge is -2.26. The largest absolute Gasteiger partial charge is 0.493 e. The summed E-state index contributed by atoms with van der Waals surface area (Å²) in [7, 11) is 0. The van der Waals surface area contributed by atoms with Gasteiger partial charge >= 0.3 is 0 Å². The smallest absolute Gasteiger partial charge is 0.126 e. The van der Waals surface area contributed by atoms with Gasteiger partial charge in [-0.05, 0) is 47.4 Å². The van der Waals surface area contributed by atoms with E-state index in [0.29, 0.717) is 13.2 Å². The molecular formula is C28H27NO2. The summed E-state index contributed by atoms with van der Waals surface area (Å²) in [5.74, 6) is 1.93. The van der Waals surface area contributed by atoms with Crippen molar-refractivity contribution in [3.8, 4) is 11.5 Å². The molecule has 3 nitrogen and oxygen atoms in total. The quantitative estimate of drug-likeness (QED) is 0.478. The van der Waals surface area contributed by atoms with Crippen LogP contribution in [-0.4, -0.2) is 13.2 Å².